The number of hydrogen-bond acceptors (Lipinski definition) is 4. The SMILES string of the molecule is COc1cccc(C(=O)NC(C)CC(C)O)c1OC. The molecule has 0 saturated carbocycles. The predicted octanol–water partition coefficient (Wildman–Crippen LogP) is 1.59. The third-order valence-electron chi connectivity index (χ3n) is 2.72. The highest BCUT2D eigenvalue weighted by atomic mass is 16.5. The van der Waals surface area contributed by atoms with Gasteiger partial charge in [-0.1, -0.05) is 6.07 Å². The summed E-state index contributed by atoms with van der Waals surface area (Å²) >= 11 is 0. The summed E-state index contributed by atoms with van der Waals surface area (Å²) in [6.45, 7) is 3.53. The normalized spacial score (nSPS) is 13.5. The fourth-order valence-electron chi connectivity index (χ4n) is 1.94. The lowest BCUT2D eigenvalue weighted by Crippen LogP contribution is -2.34. The van der Waals surface area contributed by atoms with E-state index in [1.54, 1.807) is 25.1 Å². The summed E-state index contributed by atoms with van der Waals surface area (Å²) in [6.07, 6.45) is 0.0420. The molecule has 0 heterocycles. The molecule has 1 rings (SSSR count). The van der Waals surface area contributed by atoms with E-state index >= 15 is 0 Å². The van der Waals surface area contributed by atoms with E-state index in [-0.39, 0.29) is 11.9 Å². The third kappa shape index (κ3) is 4.13. The number of rotatable bonds is 6. The number of hydrogen-bond donors (Lipinski definition) is 2. The lowest BCUT2D eigenvalue weighted by molar-refractivity contribution is 0.0919. The largest absolute Gasteiger partial charge is 0.493 e. The van der Waals surface area contributed by atoms with Gasteiger partial charge in [0.05, 0.1) is 25.9 Å². The number of methoxy groups -OCH3 is 2. The minimum atomic E-state index is -0.456. The molecule has 1 aromatic carbocycles. The van der Waals surface area contributed by atoms with Crippen LogP contribution in [0.5, 0.6) is 11.5 Å². The summed E-state index contributed by atoms with van der Waals surface area (Å²) in [5.74, 6) is 0.675. The smallest absolute Gasteiger partial charge is 0.255 e. The van der Waals surface area contributed by atoms with Gasteiger partial charge < -0.3 is 19.9 Å². The molecule has 2 unspecified atom stereocenters. The first-order valence-corrected chi connectivity index (χ1v) is 6.19. The number of aliphatic hydroxyl groups excluding tert-OH is 1. The second-order valence-electron chi connectivity index (χ2n) is 4.50. The fraction of sp³-hybridized carbons (Fsp3) is 0.500. The molecule has 19 heavy (non-hydrogen) atoms. The molecule has 0 aliphatic heterocycles. The van der Waals surface area contributed by atoms with E-state index in [4.69, 9.17) is 9.47 Å². The van der Waals surface area contributed by atoms with Crippen LogP contribution in [-0.4, -0.2) is 37.4 Å². The Labute approximate surface area is 113 Å². The van der Waals surface area contributed by atoms with Crippen molar-refractivity contribution in [2.75, 3.05) is 14.2 Å². The molecule has 0 bridgehead atoms. The first-order chi connectivity index (χ1) is 8.99. The number of nitrogens with one attached hydrogen (secondary N) is 1. The summed E-state index contributed by atoms with van der Waals surface area (Å²) in [7, 11) is 3.02. The van der Waals surface area contributed by atoms with Crippen molar-refractivity contribution in [1.29, 1.82) is 0 Å². The monoisotopic (exact) mass is 267 g/mol. The van der Waals surface area contributed by atoms with Crippen LogP contribution in [0.1, 0.15) is 30.6 Å². The van der Waals surface area contributed by atoms with E-state index in [1.807, 2.05) is 6.92 Å². The molecule has 2 atom stereocenters. The van der Waals surface area contributed by atoms with Crippen molar-refractivity contribution >= 4 is 5.91 Å². The van der Waals surface area contributed by atoms with E-state index in [0.29, 0.717) is 23.5 Å². The standard InChI is InChI=1S/C14H21NO4/c1-9(8-10(2)16)15-14(17)11-6-5-7-12(18-3)13(11)19-4/h5-7,9-10,16H,8H2,1-4H3,(H,15,17). The lowest BCUT2D eigenvalue weighted by Gasteiger charge is -2.17. The molecule has 0 aliphatic rings. The molecule has 106 valence electrons. The summed E-state index contributed by atoms with van der Waals surface area (Å²) in [5, 5.41) is 12.1. The lowest BCUT2D eigenvalue weighted by atomic mass is 10.1. The highest BCUT2D eigenvalue weighted by molar-refractivity contribution is 5.98. The summed E-state index contributed by atoms with van der Waals surface area (Å²) in [5.41, 5.74) is 0.416. The van der Waals surface area contributed by atoms with Gasteiger partial charge in [0, 0.05) is 6.04 Å². The van der Waals surface area contributed by atoms with Crippen LogP contribution >= 0.6 is 0 Å². The van der Waals surface area contributed by atoms with Crippen LogP contribution in [-0.2, 0) is 0 Å². The highest BCUT2D eigenvalue weighted by Crippen LogP contribution is 2.30. The Morgan fingerprint density at radius 3 is 2.53 bits per heavy atom. The van der Waals surface area contributed by atoms with Gasteiger partial charge in [0.1, 0.15) is 0 Å². The van der Waals surface area contributed by atoms with Gasteiger partial charge in [-0.2, -0.15) is 0 Å². The van der Waals surface area contributed by atoms with Crippen LogP contribution < -0.4 is 14.8 Å². The number of aliphatic hydroxyl groups is 1. The quantitative estimate of drug-likeness (QED) is 0.821. The molecule has 0 radical (unpaired) electrons. The number of benzene rings is 1. The summed E-state index contributed by atoms with van der Waals surface area (Å²) in [4.78, 5) is 12.2. The van der Waals surface area contributed by atoms with Crippen LogP contribution in [0.2, 0.25) is 0 Å². The first kappa shape index (κ1) is 15.3. The molecular weight excluding hydrogens is 246 g/mol. The van der Waals surface area contributed by atoms with Crippen molar-refractivity contribution in [1.82, 2.24) is 5.32 Å². The van der Waals surface area contributed by atoms with Gasteiger partial charge in [0.15, 0.2) is 11.5 Å². The maximum atomic E-state index is 12.2. The minimum Gasteiger partial charge on any atom is -0.493 e. The second kappa shape index (κ2) is 6.99. The van der Waals surface area contributed by atoms with E-state index in [2.05, 4.69) is 5.32 Å². The summed E-state index contributed by atoms with van der Waals surface area (Å²) in [6, 6.07) is 5.01. The van der Waals surface area contributed by atoms with E-state index in [1.165, 1.54) is 14.2 Å². The van der Waals surface area contributed by atoms with Gasteiger partial charge in [-0.3, -0.25) is 4.79 Å². The molecule has 5 heteroatoms. The number of carbonyl (C=O) groups excluding carboxylic acids is 1. The number of ether oxygens (including phenoxy) is 2. The minimum absolute atomic E-state index is 0.122. The first-order valence-electron chi connectivity index (χ1n) is 6.19. The van der Waals surface area contributed by atoms with Crippen LogP contribution in [0.4, 0.5) is 0 Å². The molecule has 1 amide bonds. The van der Waals surface area contributed by atoms with E-state index in [9.17, 15) is 9.90 Å². The molecule has 0 spiro atoms. The topological polar surface area (TPSA) is 67.8 Å². The Morgan fingerprint density at radius 2 is 2.00 bits per heavy atom. The molecule has 0 fully saturated rings. The highest BCUT2D eigenvalue weighted by Gasteiger charge is 2.18. The molecular formula is C14H21NO4. The van der Waals surface area contributed by atoms with Gasteiger partial charge in [-0.15, -0.1) is 0 Å². The molecule has 2 N–H and O–H groups in total. The van der Waals surface area contributed by atoms with Gasteiger partial charge >= 0.3 is 0 Å². The van der Waals surface area contributed by atoms with Crippen molar-refractivity contribution in [3.8, 4) is 11.5 Å². The van der Waals surface area contributed by atoms with Crippen molar-refractivity contribution in [3.05, 3.63) is 23.8 Å². The Bertz CT molecular complexity index is 431. The van der Waals surface area contributed by atoms with Crippen LogP contribution in [0.15, 0.2) is 18.2 Å². The Hall–Kier alpha value is -1.75. The van der Waals surface area contributed by atoms with Gasteiger partial charge in [-0.05, 0) is 32.4 Å². The molecule has 5 nitrogen and oxygen atoms in total. The zero-order chi connectivity index (χ0) is 14.4. The zero-order valence-corrected chi connectivity index (χ0v) is 11.8. The number of amides is 1. The van der Waals surface area contributed by atoms with Gasteiger partial charge in [0.2, 0.25) is 0 Å². The van der Waals surface area contributed by atoms with Gasteiger partial charge in [0.25, 0.3) is 5.91 Å². The van der Waals surface area contributed by atoms with Crippen molar-refractivity contribution in [2.24, 2.45) is 0 Å². The van der Waals surface area contributed by atoms with Gasteiger partial charge in [-0.25, -0.2) is 0 Å². The molecule has 0 aliphatic carbocycles. The fourth-order valence-corrected chi connectivity index (χ4v) is 1.94. The maximum absolute atomic E-state index is 12.2. The number of carbonyl (C=O) groups is 1. The van der Waals surface area contributed by atoms with Crippen LogP contribution in [0.3, 0.4) is 0 Å². The van der Waals surface area contributed by atoms with E-state index in [0.717, 1.165) is 0 Å². The Morgan fingerprint density at radius 1 is 1.32 bits per heavy atom. The van der Waals surface area contributed by atoms with Crippen molar-refractivity contribution in [2.45, 2.75) is 32.4 Å². The zero-order valence-electron chi connectivity index (χ0n) is 11.8. The Balaban J connectivity index is 2.87. The van der Waals surface area contributed by atoms with Crippen molar-refractivity contribution < 1.29 is 19.4 Å². The second-order valence-corrected chi connectivity index (χ2v) is 4.50. The van der Waals surface area contributed by atoms with Crippen molar-refractivity contribution in [3.63, 3.8) is 0 Å². The number of para-hydroxylation sites is 1. The van der Waals surface area contributed by atoms with Crippen LogP contribution in [0.25, 0.3) is 0 Å². The average Bonchev–Trinajstić information content (AvgIpc) is 2.36. The van der Waals surface area contributed by atoms with Crippen LogP contribution in [0, 0.1) is 0 Å². The summed E-state index contributed by atoms with van der Waals surface area (Å²) < 4.78 is 10.4. The predicted molar refractivity (Wildman–Crippen MR) is 72.8 cm³/mol. The molecule has 0 saturated heterocycles. The van der Waals surface area contributed by atoms with E-state index < -0.39 is 6.10 Å². The third-order valence-corrected chi connectivity index (χ3v) is 2.72. The molecule has 1 aromatic rings. The average molecular weight is 267 g/mol. The maximum Gasteiger partial charge on any atom is 0.255 e. The molecule has 0 aromatic heterocycles. The Kier molecular flexibility index (Phi) is 5.63.